The van der Waals surface area contributed by atoms with Crippen molar-refractivity contribution < 1.29 is 4.74 Å². The topological polar surface area (TPSA) is 24.5 Å². The van der Waals surface area contributed by atoms with Crippen LogP contribution in [0.5, 0.6) is 0 Å². The van der Waals surface area contributed by atoms with Gasteiger partial charge in [0.2, 0.25) is 0 Å². The van der Waals surface area contributed by atoms with Crippen LogP contribution in [0.2, 0.25) is 0 Å². The smallest absolute Gasteiger partial charge is 0.0622 e. The molecule has 0 bridgehead atoms. The van der Waals surface area contributed by atoms with Crippen LogP contribution in [0.4, 0.5) is 0 Å². The first-order valence-electron chi connectivity index (χ1n) is 6.36. The lowest BCUT2D eigenvalue weighted by Crippen LogP contribution is -2.37. The van der Waals surface area contributed by atoms with Crippen molar-refractivity contribution in [3.63, 3.8) is 0 Å². The molecule has 1 fully saturated rings. The molecule has 1 aliphatic rings. The molecular formula is C13H22N2OS. The first-order chi connectivity index (χ1) is 8.36. The molecule has 1 N–H and O–H groups in total. The summed E-state index contributed by atoms with van der Waals surface area (Å²) >= 11 is 1.78. The number of nitrogens with zero attached hydrogens (tertiary/aromatic N) is 1. The van der Waals surface area contributed by atoms with E-state index in [4.69, 9.17) is 4.74 Å². The highest BCUT2D eigenvalue weighted by Crippen LogP contribution is 2.09. The van der Waals surface area contributed by atoms with Gasteiger partial charge in [-0.3, -0.25) is 4.90 Å². The fourth-order valence-electron chi connectivity index (χ4n) is 2.10. The minimum absolute atomic E-state index is 0.633. The van der Waals surface area contributed by atoms with E-state index in [-0.39, 0.29) is 0 Å². The zero-order valence-electron chi connectivity index (χ0n) is 10.5. The lowest BCUT2D eigenvalue weighted by molar-refractivity contribution is 0.159. The van der Waals surface area contributed by atoms with Crippen LogP contribution < -0.4 is 5.32 Å². The predicted octanol–water partition coefficient (Wildman–Crippen LogP) is 1.60. The molecule has 1 aromatic heterocycles. The van der Waals surface area contributed by atoms with Gasteiger partial charge in [-0.05, 0) is 48.8 Å². The Balaban J connectivity index is 1.51. The van der Waals surface area contributed by atoms with Gasteiger partial charge >= 0.3 is 0 Å². The fourth-order valence-corrected chi connectivity index (χ4v) is 2.80. The van der Waals surface area contributed by atoms with Gasteiger partial charge in [0, 0.05) is 25.7 Å². The van der Waals surface area contributed by atoms with E-state index < -0.39 is 0 Å². The molecule has 1 atom stereocenters. The first-order valence-corrected chi connectivity index (χ1v) is 7.30. The van der Waals surface area contributed by atoms with E-state index in [0.717, 1.165) is 39.3 Å². The third-order valence-corrected chi connectivity index (χ3v) is 4.07. The van der Waals surface area contributed by atoms with Gasteiger partial charge in [-0.1, -0.05) is 0 Å². The molecule has 1 aliphatic heterocycles. The summed E-state index contributed by atoms with van der Waals surface area (Å²) in [5, 5.41) is 7.87. The van der Waals surface area contributed by atoms with Gasteiger partial charge in [-0.15, -0.1) is 0 Å². The molecule has 2 heterocycles. The van der Waals surface area contributed by atoms with Gasteiger partial charge in [-0.25, -0.2) is 0 Å². The van der Waals surface area contributed by atoms with Crippen LogP contribution in [-0.2, 0) is 11.2 Å². The van der Waals surface area contributed by atoms with Crippen molar-refractivity contribution in [2.45, 2.75) is 18.9 Å². The van der Waals surface area contributed by atoms with Crippen LogP contribution in [0.1, 0.15) is 12.0 Å². The molecular weight excluding hydrogens is 232 g/mol. The monoisotopic (exact) mass is 254 g/mol. The highest BCUT2D eigenvalue weighted by atomic mass is 32.1. The summed E-state index contributed by atoms with van der Waals surface area (Å²) in [6, 6.07) is 2.84. The molecule has 0 radical (unpaired) electrons. The fraction of sp³-hybridized carbons (Fsp3) is 0.692. The summed E-state index contributed by atoms with van der Waals surface area (Å²) < 4.78 is 5.39. The Hall–Kier alpha value is -0.420. The molecule has 0 amide bonds. The number of likely N-dealkylation sites (N-methyl/N-ethyl adjacent to an activating group) is 1. The third-order valence-electron chi connectivity index (χ3n) is 3.34. The molecule has 17 heavy (non-hydrogen) atoms. The highest BCUT2D eigenvalue weighted by Gasteiger charge is 2.19. The summed E-state index contributed by atoms with van der Waals surface area (Å²) in [5.41, 5.74) is 1.44. The average Bonchev–Trinajstić information content (AvgIpc) is 3.01. The number of nitrogens with one attached hydrogen (secondary N) is 1. The number of hydrogen-bond donors (Lipinski definition) is 1. The summed E-state index contributed by atoms with van der Waals surface area (Å²) in [5.74, 6) is 0. The molecule has 96 valence electrons. The molecule has 4 heteroatoms. The van der Waals surface area contributed by atoms with Crippen LogP contribution in [0.15, 0.2) is 16.8 Å². The van der Waals surface area contributed by atoms with Crippen LogP contribution in [0.3, 0.4) is 0 Å². The van der Waals surface area contributed by atoms with E-state index in [0.29, 0.717) is 6.04 Å². The van der Waals surface area contributed by atoms with Crippen molar-refractivity contribution in [3.8, 4) is 0 Å². The minimum atomic E-state index is 0.633. The summed E-state index contributed by atoms with van der Waals surface area (Å²) in [6.07, 6.45) is 2.32. The lowest BCUT2D eigenvalue weighted by Gasteiger charge is -2.22. The SMILES string of the molecule is CN(CCNCCc1ccsc1)C1CCOC1. The first kappa shape index (κ1) is 13.0. The second-order valence-electron chi connectivity index (χ2n) is 4.63. The lowest BCUT2D eigenvalue weighted by atomic mass is 10.2. The Morgan fingerprint density at radius 3 is 3.18 bits per heavy atom. The number of thiophene rings is 1. The summed E-state index contributed by atoms with van der Waals surface area (Å²) in [6.45, 7) is 5.09. The molecule has 1 unspecified atom stereocenters. The normalized spacial score (nSPS) is 20.2. The van der Waals surface area contributed by atoms with E-state index in [9.17, 15) is 0 Å². The number of ether oxygens (including phenoxy) is 1. The van der Waals surface area contributed by atoms with E-state index in [1.165, 1.54) is 12.0 Å². The van der Waals surface area contributed by atoms with Crippen molar-refractivity contribution >= 4 is 11.3 Å². The highest BCUT2D eigenvalue weighted by molar-refractivity contribution is 7.07. The molecule has 0 saturated carbocycles. The van der Waals surface area contributed by atoms with Gasteiger partial charge in [0.25, 0.3) is 0 Å². The molecule has 2 rings (SSSR count). The molecule has 3 nitrogen and oxygen atoms in total. The van der Waals surface area contributed by atoms with Crippen molar-refractivity contribution in [1.29, 1.82) is 0 Å². The van der Waals surface area contributed by atoms with Gasteiger partial charge in [0.15, 0.2) is 0 Å². The molecule has 0 spiro atoms. The second kappa shape index (κ2) is 7.11. The van der Waals surface area contributed by atoms with Crippen LogP contribution in [0, 0.1) is 0 Å². The van der Waals surface area contributed by atoms with Gasteiger partial charge in [0.1, 0.15) is 0 Å². The Morgan fingerprint density at radius 2 is 2.47 bits per heavy atom. The standard InChI is InChI=1S/C13H22N2OS/c1-15(13-3-8-16-10-13)7-6-14-5-2-12-4-9-17-11-12/h4,9,11,13-14H,2-3,5-8,10H2,1H3. The third kappa shape index (κ3) is 4.39. The molecule has 1 saturated heterocycles. The van der Waals surface area contributed by atoms with Crippen molar-refractivity contribution in [2.75, 3.05) is 39.9 Å². The zero-order chi connectivity index (χ0) is 11.9. The summed E-state index contributed by atoms with van der Waals surface area (Å²) in [7, 11) is 2.19. The maximum absolute atomic E-state index is 5.39. The van der Waals surface area contributed by atoms with Crippen molar-refractivity contribution in [3.05, 3.63) is 22.4 Å². The summed E-state index contributed by atoms with van der Waals surface area (Å²) in [4.78, 5) is 2.41. The van der Waals surface area contributed by atoms with Gasteiger partial charge in [-0.2, -0.15) is 11.3 Å². The van der Waals surface area contributed by atoms with Crippen LogP contribution in [0.25, 0.3) is 0 Å². The van der Waals surface area contributed by atoms with E-state index in [2.05, 4.69) is 34.1 Å². The largest absolute Gasteiger partial charge is 0.380 e. The maximum atomic E-state index is 5.39. The Morgan fingerprint density at radius 1 is 1.53 bits per heavy atom. The average molecular weight is 254 g/mol. The van der Waals surface area contributed by atoms with E-state index in [1.807, 2.05) is 0 Å². The van der Waals surface area contributed by atoms with Crippen molar-refractivity contribution in [1.82, 2.24) is 10.2 Å². The zero-order valence-corrected chi connectivity index (χ0v) is 11.3. The molecule has 1 aromatic rings. The minimum Gasteiger partial charge on any atom is -0.380 e. The van der Waals surface area contributed by atoms with E-state index >= 15 is 0 Å². The van der Waals surface area contributed by atoms with E-state index in [1.54, 1.807) is 11.3 Å². The molecule has 0 aromatic carbocycles. The number of rotatable bonds is 7. The quantitative estimate of drug-likeness (QED) is 0.748. The van der Waals surface area contributed by atoms with Gasteiger partial charge in [0.05, 0.1) is 6.61 Å². The second-order valence-corrected chi connectivity index (χ2v) is 5.41. The Kier molecular flexibility index (Phi) is 5.45. The molecule has 0 aliphatic carbocycles. The maximum Gasteiger partial charge on any atom is 0.0622 e. The van der Waals surface area contributed by atoms with Crippen LogP contribution >= 0.6 is 11.3 Å². The Labute approximate surface area is 108 Å². The van der Waals surface area contributed by atoms with Gasteiger partial charge < -0.3 is 10.1 Å². The Bertz CT molecular complexity index is 296. The predicted molar refractivity (Wildman–Crippen MR) is 72.7 cm³/mol. The number of hydrogen-bond acceptors (Lipinski definition) is 4. The van der Waals surface area contributed by atoms with Crippen molar-refractivity contribution in [2.24, 2.45) is 0 Å². The van der Waals surface area contributed by atoms with Crippen LogP contribution in [-0.4, -0.2) is 50.8 Å².